The molecule has 35 heavy (non-hydrogen) atoms. The minimum atomic E-state index is -2.94. The Hall–Kier alpha value is -3.20. The SMILES string of the molecule is CNC(=O)N1C=C(c2ccc(N3CC4(CCS4(=O)=O)C3)cc2)c2cc(OC)c(OC)cc2C[C@@H]1C. The lowest BCUT2D eigenvalue weighted by Gasteiger charge is -2.55. The van der Waals surface area contributed by atoms with Crippen molar-refractivity contribution in [2.45, 2.75) is 30.6 Å². The molecule has 0 bridgehead atoms. The normalized spacial score (nSPS) is 21.7. The first-order valence-electron chi connectivity index (χ1n) is 11.8. The average Bonchev–Trinajstić information content (AvgIpc) is 2.97. The molecule has 3 aliphatic rings. The molecule has 0 unspecified atom stereocenters. The fraction of sp³-hybridized carbons (Fsp3) is 0.423. The molecular formula is C26H31N3O5S. The molecular weight excluding hydrogens is 466 g/mol. The fourth-order valence-electron chi connectivity index (χ4n) is 5.31. The number of benzene rings is 2. The number of amides is 2. The molecule has 2 aromatic carbocycles. The number of nitrogens with one attached hydrogen (secondary N) is 1. The lowest BCUT2D eigenvalue weighted by Crippen LogP contribution is -2.72. The second-order valence-corrected chi connectivity index (χ2v) is 12.1. The first kappa shape index (κ1) is 23.5. The molecule has 2 aromatic rings. The molecule has 0 saturated carbocycles. The molecule has 1 atom stereocenters. The van der Waals surface area contributed by atoms with Crippen LogP contribution in [0.25, 0.3) is 5.57 Å². The first-order chi connectivity index (χ1) is 16.7. The number of hydrogen-bond acceptors (Lipinski definition) is 6. The van der Waals surface area contributed by atoms with Crippen molar-refractivity contribution in [2.75, 3.05) is 45.0 Å². The first-order valence-corrected chi connectivity index (χ1v) is 13.4. The van der Waals surface area contributed by atoms with Gasteiger partial charge in [0.25, 0.3) is 0 Å². The van der Waals surface area contributed by atoms with Crippen molar-refractivity contribution in [1.29, 1.82) is 0 Å². The second kappa shape index (κ2) is 8.48. The zero-order chi connectivity index (χ0) is 25.0. The van der Waals surface area contributed by atoms with Gasteiger partial charge in [-0.05, 0) is 60.7 Å². The summed E-state index contributed by atoms with van der Waals surface area (Å²) in [5.41, 5.74) is 4.91. The molecule has 3 aliphatic heterocycles. The zero-order valence-corrected chi connectivity index (χ0v) is 21.3. The molecule has 2 fully saturated rings. The van der Waals surface area contributed by atoms with Crippen LogP contribution in [0.4, 0.5) is 10.5 Å². The minimum absolute atomic E-state index is 0.0646. The van der Waals surface area contributed by atoms with E-state index in [2.05, 4.69) is 10.2 Å². The Balaban J connectivity index is 1.52. The van der Waals surface area contributed by atoms with Crippen LogP contribution in [0.3, 0.4) is 0 Å². The maximum atomic E-state index is 12.7. The standard InChI is InChI=1S/C26H31N3O5S/c1-17-11-19-12-23(33-3)24(34-4)13-21(19)22(14-29(17)25(30)27-2)18-5-7-20(8-6-18)28-15-26(16-28)9-10-35(26,31)32/h5-8,12-14,17H,9-11,15-16H2,1-4H3,(H,27,30)/t17-/m0/s1. The van der Waals surface area contributed by atoms with E-state index in [9.17, 15) is 13.2 Å². The summed E-state index contributed by atoms with van der Waals surface area (Å²) in [6.07, 6.45) is 3.31. The number of rotatable bonds is 4. The zero-order valence-electron chi connectivity index (χ0n) is 20.5. The summed E-state index contributed by atoms with van der Waals surface area (Å²) < 4.78 is 34.9. The van der Waals surface area contributed by atoms with E-state index in [0.29, 0.717) is 36.8 Å². The van der Waals surface area contributed by atoms with Crippen LogP contribution >= 0.6 is 0 Å². The van der Waals surface area contributed by atoms with E-state index in [1.165, 1.54) is 0 Å². The Morgan fingerprint density at radius 3 is 2.29 bits per heavy atom. The topological polar surface area (TPSA) is 88.2 Å². The number of carbonyl (C=O) groups excluding carboxylic acids is 1. The summed E-state index contributed by atoms with van der Waals surface area (Å²) >= 11 is 0. The number of fused-ring (bicyclic) bond motifs is 1. The number of anilines is 1. The van der Waals surface area contributed by atoms with E-state index in [1.54, 1.807) is 26.2 Å². The van der Waals surface area contributed by atoms with E-state index in [4.69, 9.17) is 9.47 Å². The molecule has 1 spiro atoms. The molecule has 186 valence electrons. The van der Waals surface area contributed by atoms with Crippen molar-refractivity contribution in [3.63, 3.8) is 0 Å². The van der Waals surface area contributed by atoms with Gasteiger partial charge in [0, 0.05) is 43.6 Å². The Labute approximate surface area is 206 Å². The lowest BCUT2D eigenvalue weighted by atomic mass is 9.91. The van der Waals surface area contributed by atoms with E-state index >= 15 is 0 Å². The van der Waals surface area contributed by atoms with Crippen LogP contribution in [0.1, 0.15) is 30.0 Å². The molecule has 0 radical (unpaired) electrons. The quantitative estimate of drug-likeness (QED) is 0.699. The highest BCUT2D eigenvalue weighted by Crippen LogP contribution is 2.44. The van der Waals surface area contributed by atoms with Gasteiger partial charge in [-0.1, -0.05) is 12.1 Å². The van der Waals surface area contributed by atoms with Gasteiger partial charge in [0.15, 0.2) is 21.3 Å². The number of hydrogen-bond donors (Lipinski definition) is 1. The van der Waals surface area contributed by atoms with Crippen LogP contribution in [0.15, 0.2) is 42.6 Å². The fourth-order valence-corrected chi connectivity index (χ4v) is 7.13. The van der Waals surface area contributed by atoms with Gasteiger partial charge >= 0.3 is 6.03 Å². The number of urea groups is 1. The summed E-state index contributed by atoms with van der Waals surface area (Å²) in [4.78, 5) is 16.5. The van der Waals surface area contributed by atoms with Crippen molar-refractivity contribution in [3.8, 4) is 11.5 Å². The highest BCUT2D eigenvalue weighted by atomic mass is 32.2. The third-order valence-corrected chi connectivity index (χ3v) is 10.1. The van der Waals surface area contributed by atoms with Crippen molar-refractivity contribution >= 4 is 27.1 Å². The highest BCUT2D eigenvalue weighted by molar-refractivity contribution is 7.94. The van der Waals surface area contributed by atoms with E-state index < -0.39 is 14.6 Å². The summed E-state index contributed by atoms with van der Waals surface area (Å²) in [6, 6.07) is 11.8. The Bertz CT molecular complexity index is 1300. The molecule has 1 N–H and O–H groups in total. The van der Waals surface area contributed by atoms with E-state index in [1.807, 2.05) is 49.5 Å². The summed E-state index contributed by atoms with van der Waals surface area (Å²) in [5.74, 6) is 1.59. The van der Waals surface area contributed by atoms with E-state index in [0.717, 1.165) is 34.4 Å². The van der Waals surface area contributed by atoms with Crippen LogP contribution in [0.2, 0.25) is 0 Å². The van der Waals surface area contributed by atoms with Gasteiger partial charge in [-0.3, -0.25) is 4.90 Å². The van der Waals surface area contributed by atoms with Crippen molar-refractivity contribution in [2.24, 2.45) is 0 Å². The Morgan fingerprint density at radius 1 is 1.09 bits per heavy atom. The third-order valence-electron chi connectivity index (χ3n) is 7.59. The molecule has 5 rings (SSSR count). The van der Waals surface area contributed by atoms with Crippen LogP contribution in [-0.2, 0) is 16.3 Å². The Kier molecular flexibility index (Phi) is 5.70. The summed E-state index contributed by atoms with van der Waals surface area (Å²) in [5, 5.41) is 2.74. The van der Waals surface area contributed by atoms with Gasteiger partial charge in [0.05, 0.1) is 20.0 Å². The van der Waals surface area contributed by atoms with Gasteiger partial charge in [-0.15, -0.1) is 0 Å². The van der Waals surface area contributed by atoms with Gasteiger partial charge < -0.3 is 19.7 Å². The van der Waals surface area contributed by atoms with Gasteiger partial charge in [0.1, 0.15) is 4.75 Å². The van der Waals surface area contributed by atoms with Crippen LogP contribution in [0.5, 0.6) is 11.5 Å². The Morgan fingerprint density at radius 2 is 1.74 bits per heavy atom. The third kappa shape index (κ3) is 3.73. The monoisotopic (exact) mass is 497 g/mol. The molecule has 0 aromatic heterocycles. The van der Waals surface area contributed by atoms with Crippen molar-refractivity contribution < 1.29 is 22.7 Å². The number of ether oxygens (including phenoxy) is 2. The number of sulfone groups is 1. The van der Waals surface area contributed by atoms with Crippen LogP contribution < -0.4 is 19.7 Å². The van der Waals surface area contributed by atoms with Crippen LogP contribution in [-0.4, -0.2) is 70.2 Å². The van der Waals surface area contributed by atoms with Crippen molar-refractivity contribution in [1.82, 2.24) is 10.2 Å². The molecule has 0 aliphatic carbocycles. The molecule has 3 heterocycles. The van der Waals surface area contributed by atoms with Gasteiger partial charge in [-0.2, -0.15) is 0 Å². The molecule has 8 nitrogen and oxygen atoms in total. The lowest BCUT2D eigenvalue weighted by molar-refractivity contribution is 0.205. The summed E-state index contributed by atoms with van der Waals surface area (Å²) in [6.45, 7) is 3.13. The largest absolute Gasteiger partial charge is 0.493 e. The predicted octanol–water partition coefficient (Wildman–Crippen LogP) is 3.06. The van der Waals surface area contributed by atoms with Gasteiger partial charge in [0.2, 0.25) is 0 Å². The average molecular weight is 498 g/mol. The number of carbonyl (C=O) groups is 1. The second-order valence-electron chi connectivity index (χ2n) is 9.58. The molecule has 2 amide bonds. The highest BCUT2D eigenvalue weighted by Gasteiger charge is 2.59. The number of methoxy groups -OCH3 is 2. The van der Waals surface area contributed by atoms with Gasteiger partial charge in [-0.25, -0.2) is 13.2 Å². The minimum Gasteiger partial charge on any atom is -0.493 e. The smallest absolute Gasteiger partial charge is 0.321 e. The number of nitrogens with zero attached hydrogens (tertiary/aromatic N) is 2. The molecule has 2 saturated heterocycles. The predicted molar refractivity (Wildman–Crippen MR) is 136 cm³/mol. The molecule has 9 heteroatoms. The maximum Gasteiger partial charge on any atom is 0.321 e. The van der Waals surface area contributed by atoms with E-state index in [-0.39, 0.29) is 12.1 Å². The maximum absolute atomic E-state index is 12.7. The van der Waals surface area contributed by atoms with Crippen molar-refractivity contribution in [3.05, 3.63) is 59.3 Å². The summed E-state index contributed by atoms with van der Waals surface area (Å²) in [7, 11) is 1.92. The van der Waals surface area contributed by atoms with Crippen LogP contribution in [0, 0.1) is 0 Å².